The standard InChI is InChI=1S/C18H21N5O3/c24-17(11-13-5-1-2-7-15(13)23(25)26)21-9-3-6-14(12-21)18-20-19-16-8-4-10-22(16)18/h1-2,5,7,14H,3-4,6,8-12H2/t14-/m1/s1. The number of nitro benzene ring substituents is 1. The lowest BCUT2D eigenvalue weighted by Crippen LogP contribution is -2.40. The molecule has 0 N–H and O–H groups in total. The van der Waals surface area contributed by atoms with E-state index >= 15 is 0 Å². The third-order valence-electron chi connectivity index (χ3n) is 5.31. The molecule has 4 rings (SSSR count). The fourth-order valence-corrected chi connectivity index (χ4v) is 4.00. The van der Waals surface area contributed by atoms with Crippen molar-refractivity contribution in [3.63, 3.8) is 0 Å². The second kappa shape index (κ2) is 6.86. The van der Waals surface area contributed by atoms with Crippen molar-refractivity contribution in [2.75, 3.05) is 13.1 Å². The Morgan fingerprint density at radius 2 is 2.08 bits per heavy atom. The molecule has 3 heterocycles. The van der Waals surface area contributed by atoms with Gasteiger partial charge in [0.15, 0.2) is 0 Å². The molecular formula is C18H21N5O3. The molecule has 26 heavy (non-hydrogen) atoms. The quantitative estimate of drug-likeness (QED) is 0.618. The van der Waals surface area contributed by atoms with Crippen LogP contribution >= 0.6 is 0 Å². The minimum Gasteiger partial charge on any atom is -0.342 e. The SMILES string of the molecule is O=C(Cc1ccccc1[N+](=O)[O-])N1CCC[C@@H](c2nnc3n2CCC3)C1. The normalized spacial score (nSPS) is 19.4. The molecule has 1 atom stereocenters. The number of aryl methyl sites for hydroxylation is 1. The maximum Gasteiger partial charge on any atom is 0.273 e. The van der Waals surface area contributed by atoms with E-state index in [1.54, 1.807) is 18.2 Å². The number of hydrogen-bond donors (Lipinski definition) is 0. The van der Waals surface area contributed by atoms with Gasteiger partial charge in [-0.1, -0.05) is 18.2 Å². The molecule has 1 saturated heterocycles. The molecule has 136 valence electrons. The van der Waals surface area contributed by atoms with Crippen LogP contribution in [0.25, 0.3) is 0 Å². The minimum atomic E-state index is -0.429. The second-order valence-corrected chi connectivity index (χ2v) is 6.97. The van der Waals surface area contributed by atoms with E-state index in [1.807, 2.05) is 4.90 Å². The molecule has 1 amide bonds. The molecular weight excluding hydrogens is 334 g/mol. The summed E-state index contributed by atoms with van der Waals surface area (Å²) in [6.45, 7) is 2.26. The van der Waals surface area contributed by atoms with Crippen molar-refractivity contribution in [1.29, 1.82) is 0 Å². The summed E-state index contributed by atoms with van der Waals surface area (Å²) >= 11 is 0. The molecule has 8 nitrogen and oxygen atoms in total. The molecule has 8 heteroatoms. The number of hydrogen-bond acceptors (Lipinski definition) is 5. The van der Waals surface area contributed by atoms with Gasteiger partial charge in [-0.2, -0.15) is 0 Å². The number of nitro groups is 1. The van der Waals surface area contributed by atoms with Gasteiger partial charge in [-0.25, -0.2) is 0 Å². The monoisotopic (exact) mass is 355 g/mol. The Morgan fingerprint density at radius 3 is 2.92 bits per heavy atom. The summed E-state index contributed by atoms with van der Waals surface area (Å²) in [6, 6.07) is 6.45. The van der Waals surface area contributed by atoms with Gasteiger partial charge >= 0.3 is 0 Å². The minimum absolute atomic E-state index is 0.00434. The first-order valence-corrected chi connectivity index (χ1v) is 9.05. The molecule has 1 fully saturated rings. The average molecular weight is 355 g/mol. The molecule has 0 unspecified atom stereocenters. The number of fused-ring (bicyclic) bond motifs is 1. The van der Waals surface area contributed by atoms with E-state index in [4.69, 9.17) is 0 Å². The molecule has 1 aromatic carbocycles. The summed E-state index contributed by atoms with van der Waals surface area (Å²) in [5.41, 5.74) is 0.470. The zero-order chi connectivity index (χ0) is 18.1. The van der Waals surface area contributed by atoms with Crippen LogP contribution in [0.2, 0.25) is 0 Å². The summed E-state index contributed by atoms with van der Waals surface area (Å²) in [6.07, 6.45) is 4.04. The van der Waals surface area contributed by atoms with E-state index in [2.05, 4.69) is 14.8 Å². The van der Waals surface area contributed by atoms with Gasteiger partial charge in [-0.15, -0.1) is 10.2 Å². The van der Waals surface area contributed by atoms with Crippen molar-refractivity contribution < 1.29 is 9.72 Å². The van der Waals surface area contributed by atoms with Crippen LogP contribution in [-0.2, 0) is 24.2 Å². The number of carbonyl (C=O) groups excluding carboxylic acids is 1. The molecule has 0 spiro atoms. The van der Waals surface area contributed by atoms with Crippen LogP contribution in [0.1, 0.15) is 42.4 Å². The smallest absolute Gasteiger partial charge is 0.273 e. The van der Waals surface area contributed by atoms with Crippen LogP contribution < -0.4 is 0 Å². The van der Waals surface area contributed by atoms with E-state index in [9.17, 15) is 14.9 Å². The maximum absolute atomic E-state index is 12.8. The number of nitrogens with zero attached hydrogens (tertiary/aromatic N) is 5. The topological polar surface area (TPSA) is 94.2 Å². The van der Waals surface area contributed by atoms with Crippen LogP contribution in [0.15, 0.2) is 24.3 Å². The Labute approximate surface area is 151 Å². The lowest BCUT2D eigenvalue weighted by molar-refractivity contribution is -0.385. The van der Waals surface area contributed by atoms with Crippen molar-refractivity contribution in [1.82, 2.24) is 19.7 Å². The number of piperidine rings is 1. The van der Waals surface area contributed by atoms with Crippen molar-refractivity contribution in [2.24, 2.45) is 0 Å². The first-order valence-electron chi connectivity index (χ1n) is 9.05. The van der Waals surface area contributed by atoms with Crippen molar-refractivity contribution in [2.45, 2.75) is 44.6 Å². The lowest BCUT2D eigenvalue weighted by atomic mass is 9.96. The van der Waals surface area contributed by atoms with Gasteiger partial charge in [0, 0.05) is 43.6 Å². The molecule has 2 aliphatic heterocycles. The van der Waals surface area contributed by atoms with E-state index in [0.29, 0.717) is 18.7 Å². The van der Waals surface area contributed by atoms with Gasteiger partial charge in [-0.3, -0.25) is 14.9 Å². The fourth-order valence-electron chi connectivity index (χ4n) is 4.00. The Kier molecular flexibility index (Phi) is 4.40. The Balaban J connectivity index is 1.48. The molecule has 2 aromatic rings. The maximum atomic E-state index is 12.8. The number of benzene rings is 1. The van der Waals surface area contributed by atoms with Crippen molar-refractivity contribution in [3.05, 3.63) is 51.6 Å². The first-order chi connectivity index (χ1) is 12.6. The van der Waals surface area contributed by atoms with Crippen molar-refractivity contribution >= 4 is 11.6 Å². The third kappa shape index (κ3) is 3.07. The number of para-hydroxylation sites is 1. The van der Waals surface area contributed by atoms with E-state index in [1.165, 1.54) is 6.07 Å². The zero-order valence-electron chi connectivity index (χ0n) is 14.5. The van der Waals surface area contributed by atoms with Gasteiger partial charge in [0.05, 0.1) is 11.3 Å². The highest BCUT2D eigenvalue weighted by atomic mass is 16.6. The number of likely N-dealkylation sites (tertiary alicyclic amines) is 1. The summed E-state index contributed by atoms with van der Waals surface area (Å²) in [7, 11) is 0. The summed E-state index contributed by atoms with van der Waals surface area (Å²) in [5.74, 6) is 2.16. The third-order valence-corrected chi connectivity index (χ3v) is 5.31. The fraction of sp³-hybridized carbons (Fsp3) is 0.500. The van der Waals surface area contributed by atoms with E-state index < -0.39 is 4.92 Å². The highest BCUT2D eigenvalue weighted by Crippen LogP contribution is 2.29. The van der Waals surface area contributed by atoms with Crippen LogP contribution in [0.5, 0.6) is 0 Å². The molecule has 0 radical (unpaired) electrons. The molecule has 1 aromatic heterocycles. The molecule has 2 aliphatic rings. The summed E-state index contributed by atoms with van der Waals surface area (Å²) < 4.78 is 2.20. The summed E-state index contributed by atoms with van der Waals surface area (Å²) in [4.78, 5) is 25.3. The lowest BCUT2D eigenvalue weighted by Gasteiger charge is -2.32. The second-order valence-electron chi connectivity index (χ2n) is 6.97. The van der Waals surface area contributed by atoms with Gasteiger partial charge in [0.25, 0.3) is 5.69 Å². The van der Waals surface area contributed by atoms with Crippen molar-refractivity contribution in [3.8, 4) is 0 Å². The Bertz CT molecular complexity index is 847. The molecule has 0 bridgehead atoms. The number of amides is 1. The van der Waals surface area contributed by atoms with Crippen LogP contribution in [0.4, 0.5) is 5.69 Å². The van der Waals surface area contributed by atoms with Crippen LogP contribution in [0, 0.1) is 10.1 Å². The first kappa shape index (κ1) is 16.7. The highest BCUT2D eigenvalue weighted by molar-refractivity contribution is 5.80. The van der Waals surface area contributed by atoms with Gasteiger partial charge in [0.2, 0.25) is 5.91 Å². The zero-order valence-corrected chi connectivity index (χ0v) is 14.5. The number of carbonyl (C=O) groups is 1. The van der Waals surface area contributed by atoms with Gasteiger partial charge < -0.3 is 9.47 Å². The van der Waals surface area contributed by atoms with E-state index in [0.717, 1.165) is 43.9 Å². The average Bonchev–Trinajstić information content (AvgIpc) is 3.25. The van der Waals surface area contributed by atoms with Gasteiger partial charge in [0.1, 0.15) is 11.6 Å². The predicted molar refractivity (Wildman–Crippen MR) is 93.7 cm³/mol. The molecule has 0 aliphatic carbocycles. The van der Waals surface area contributed by atoms with Crippen LogP contribution in [-0.4, -0.2) is 43.6 Å². The Morgan fingerprint density at radius 1 is 1.23 bits per heavy atom. The predicted octanol–water partition coefficient (Wildman–Crippen LogP) is 2.08. The van der Waals surface area contributed by atoms with E-state index in [-0.39, 0.29) is 23.9 Å². The number of aromatic nitrogens is 3. The highest BCUT2D eigenvalue weighted by Gasteiger charge is 2.30. The molecule has 0 saturated carbocycles. The largest absolute Gasteiger partial charge is 0.342 e. The van der Waals surface area contributed by atoms with Gasteiger partial charge in [-0.05, 0) is 19.3 Å². The Hall–Kier alpha value is -2.77. The van der Waals surface area contributed by atoms with Crippen LogP contribution in [0.3, 0.4) is 0 Å². The number of rotatable bonds is 4. The summed E-state index contributed by atoms with van der Waals surface area (Å²) in [5, 5.41) is 19.8.